The van der Waals surface area contributed by atoms with Gasteiger partial charge in [0.15, 0.2) is 0 Å². The number of anilines is 2. The Bertz CT molecular complexity index is 642. The van der Waals surface area contributed by atoms with E-state index in [1.165, 1.54) is 17.8 Å². The van der Waals surface area contributed by atoms with Gasteiger partial charge in [-0.1, -0.05) is 39.1 Å². The fourth-order valence-electron chi connectivity index (χ4n) is 1.58. The van der Waals surface area contributed by atoms with Crippen molar-refractivity contribution in [2.24, 2.45) is 0 Å². The van der Waals surface area contributed by atoms with Crippen molar-refractivity contribution < 1.29 is 4.79 Å². The maximum absolute atomic E-state index is 12.0. The lowest BCUT2D eigenvalue weighted by molar-refractivity contribution is -0.113. The maximum Gasteiger partial charge on any atom is 0.234 e. The lowest BCUT2D eigenvalue weighted by atomic mass is 10.2. The van der Waals surface area contributed by atoms with E-state index in [0.29, 0.717) is 21.4 Å². The van der Waals surface area contributed by atoms with Crippen molar-refractivity contribution in [1.29, 1.82) is 0 Å². The third-order valence-corrected chi connectivity index (χ3v) is 4.59. The van der Waals surface area contributed by atoms with Gasteiger partial charge in [-0.15, -0.1) is 11.8 Å². The van der Waals surface area contributed by atoms with Crippen molar-refractivity contribution in [2.75, 3.05) is 16.8 Å². The van der Waals surface area contributed by atoms with E-state index in [-0.39, 0.29) is 11.7 Å². The summed E-state index contributed by atoms with van der Waals surface area (Å²) in [5.74, 6) is 0.0823. The molecule has 110 valence electrons. The van der Waals surface area contributed by atoms with Crippen LogP contribution in [-0.2, 0) is 4.79 Å². The summed E-state index contributed by atoms with van der Waals surface area (Å²) in [6, 6.07) is 10.8. The van der Waals surface area contributed by atoms with Gasteiger partial charge in [0.1, 0.15) is 0 Å². The fourth-order valence-corrected chi connectivity index (χ4v) is 3.10. The minimum atomic E-state index is -0.182. The molecule has 0 aliphatic carbocycles. The molecule has 7 heteroatoms. The Morgan fingerprint density at radius 3 is 2.52 bits per heavy atom. The number of nitrogen functional groups attached to an aromatic ring is 1. The number of rotatable bonds is 4. The van der Waals surface area contributed by atoms with Gasteiger partial charge >= 0.3 is 0 Å². The lowest BCUT2D eigenvalue weighted by Gasteiger charge is -2.10. The molecule has 0 aliphatic rings. The molecule has 0 saturated heterocycles. The van der Waals surface area contributed by atoms with Crippen LogP contribution in [0, 0.1) is 0 Å². The highest BCUT2D eigenvalue weighted by molar-refractivity contribution is 9.10. The summed E-state index contributed by atoms with van der Waals surface area (Å²) in [4.78, 5) is 13.0. The molecule has 21 heavy (non-hydrogen) atoms. The Kier molecular flexibility index (Phi) is 5.81. The van der Waals surface area contributed by atoms with Crippen molar-refractivity contribution >= 4 is 68.2 Å². The number of hydrogen-bond acceptors (Lipinski definition) is 3. The second-order valence-electron chi connectivity index (χ2n) is 4.14. The van der Waals surface area contributed by atoms with Crippen molar-refractivity contribution in [2.45, 2.75) is 4.90 Å². The third kappa shape index (κ3) is 4.81. The summed E-state index contributed by atoms with van der Waals surface area (Å²) in [7, 11) is 0. The standard InChI is InChI=1S/C14H11BrCl2N2OS/c15-8-1-3-10(4-2-8)21-7-13(20)19-14-11(17)5-9(16)6-12(14)18/h1-6H,7,18H2,(H,19,20). The zero-order valence-electron chi connectivity index (χ0n) is 10.7. The number of benzene rings is 2. The monoisotopic (exact) mass is 404 g/mol. The first-order chi connectivity index (χ1) is 9.95. The van der Waals surface area contributed by atoms with Gasteiger partial charge in [0.2, 0.25) is 5.91 Å². The predicted molar refractivity (Wildman–Crippen MR) is 94.4 cm³/mol. The summed E-state index contributed by atoms with van der Waals surface area (Å²) < 4.78 is 0.997. The van der Waals surface area contributed by atoms with Gasteiger partial charge in [-0.05, 0) is 36.4 Å². The molecule has 0 heterocycles. The molecule has 0 aromatic heterocycles. The first-order valence-corrected chi connectivity index (χ1v) is 8.42. The summed E-state index contributed by atoms with van der Waals surface area (Å²) in [6.45, 7) is 0. The van der Waals surface area contributed by atoms with Crippen LogP contribution < -0.4 is 11.1 Å². The van der Waals surface area contributed by atoms with E-state index < -0.39 is 0 Å². The zero-order valence-corrected chi connectivity index (χ0v) is 14.6. The molecular formula is C14H11BrCl2N2OS. The van der Waals surface area contributed by atoms with E-state index >= 15 is 0 Å². The number of nitrogens with one attached hydrogen (secondary N) is 1. The minimum absolute atomic E-state index is 0.182. The van der Waals surface area contributed by atoms with Crippen molar-refractivity contribution in [3.63, 3.8) is 0 Å². The number of thioether (sulfide) groups is 1. The normalized spacial score (nSPS) is 10.4. The summed E-state index contributed by atoms with van der Waals surface area (Å²) >= 11 is 16.6. The SMILES string of the molecule is Nc1cc(Cl)cc(Cl)c1NC(=O)CSc1ccc(Br)cc1. The molecular weight excluding hydrogens is 395 g/mol. The van der Waals surface area contributed by atoms with Crippen molar-refractivity contribution in [3.8, 4) is 0 Å². The largest absolute Gasteiger partial charge is 0.397 e. The van der Waals surface area contributed by atoms with E-state index in [2.05, 4.69) is 21.2 Å². The fraction of sp³-hybridized carbons (Fsp3) is 0.0714. The second-order valence-corrected chi connectivity index (χ2v) is 6.95. The number of carbonyl (C=O) groups is 1. The Balaban J connectivity index is 1.97. The highest BCUT2D eigenvalue weighted by Crippen LogP contribution is 2.32. The van der Waals surface area contributed by atoms with E-state index in [9.17, 15) is 4.79 Å². The molecule has 3 nitrogen and oxygen atoms in total. The molecule has 1 amide bonds. The van der Waals surface area contributed by atoms with Gasteiger partial charge in [0.05, 0.1) is 22.2 Å². The van der Waals surface area contributed by atoms with Gasteiger partial charge in [-0.2, -0.15) is 0 Å². The summed E-state index contributed by atoms with van der Waals surface area (Å²) in [6.07, 6.45) is 0. The van der Waals surface area contributed by atoms with Crippen LogP contribution in [0.15, 0.2) is 45.8 Å². The number of amides is 1. The number of hydrogen-bond donors (Lipinski definition) is 2. The Hall–Kier alpha value is -0.880. The first-order valence-electron chi connectivity index (χ1n) is 5.88. The van der Waals surface area contributed by atoms with E-state index in [0.717, 1.165) is 9.37 Å². The average molecular weight is 406 g/mol. The van der Waals surface area contributed by atoms with Crippen LogP contribution in [0.25, 0.3) is 0 Å². The Labute approximate surface area is 145 Å². The van der Waals surface area contributed by atoms with Crippen molar-refractivity contribution in [3.05, 3.63) is 50.9 Å². The molecule has 0 spiro atoms. The predicted octanol–water partition coefficient (Wildman–Crippen LogP) is 5.07. The van der Waals surface area contributed by atoms with Crippen LogP contribution >= 0.6 is 50.9 Å². The van der Waals surface area contributed by atoms with E-state index in [1.807, 2.05) is 24.3 Å². The molecule has 0 atom stereocenters. The maximum atomic E-state index is 12.0. The van der Waals surface area contributed by atoms with Crippen LogP contribution in [0.1, 0.15) is 0 Å². The van der Waals surface area contributed by atoms with Crippen LogP contribution in [0.3, 0.4) is 0 Å². The molecule has 0 saturated carbocycles. The molecule has 2 rings (SSSR count). The minimum Gasteiger partial charge on any atom is -0.397 e. The van der Waals surface area contributed by atoms with Gasteiger partial charge < -0.3 is 11.1 Å². The number of carbonyl (C=O) groups excluding carboxylic acids is 1. The van der Waals surface area contributed by atoms with E-state index in [1.54, 1.807) is 6.07 Å². The van der Waals surface area contributed by atoms with Gasteiger partial charge in [0.25, 0.3) is 0 Å². The van der Waals surface area contributed by atoms with Crippen LogP contribution in [0.2, 0.25) is 10.0 Å². The Morgan fingerprint density at radius 1 is 1.24 bits per heavy atom. The smallest absolute Gasteiger partial charge is 0.234 e. The molecule has 0 radical (unpaired) electrons. The van der Waals surface area contributed by atoms with Crippen LogP contribution in [0.4, 0.5) is 11.4 Å². The molecule has 3 N–H and O–H groups in total. The average Bonchev–Trinajstić information content (AvgIpc) is 2.42. The van der Waals surface area contributed by atoms with Crippen molar-refractivity contribution in [1.82, 2.24) is 0 Å². The molecule has 2 aromatic rings. The van der Waals surface area contributed by atoms with Crippen LogP contribution in [0.5, 0.6) is 0 Å². The first kappa shape index (κ1) is 16.5. The molecule has 0 unspecified atom stereocenters. The molecule has 0 bridgehead atoms. The summed E-state index contributed by atoms with van der Waals surface area (Å²) in [5.41, 5.74) is 6.53. The highest BCUT2D eigenvalue weighted by atomic mass is 79.9. The summed E-state index contributed by atoms with van der Waals surface area (Å²) in [5, 5.41) is 3.45. The quantitative estimate of drug-likeness (QED) is 0.551. The number of halogens is 3. The van der Waals surface area contributed by atoms with Gasteiger partial charge in [0, 0.05) is 14.4 Å². The van der Waals surface area contributed by atoms with Crippen LogP contribution in [-0.4, -0.2) is 11.7 Å². The Morgan fingerprint density at radius 2 is 1.90 bits per heavy atom. The van der Waals surface area contributed by atoms with Gasteiger partial charge in [-0.3, -0.25) is 4.79 Å². The lowest BCUT2D eigenvalue weighted by Crippen LogP contribution is -2.15. The second kappa shape index (κ2) is 7.40. The molecule has 0 fully saturated rings. The third-order valence-electron chi connectivity index (χ3n) is 2.53. The molecule has 2 aromatic carbocycles. The van der Waals surface area contributed by atoms with Gasteiger partial charge in [-0.25, -0.2) is 0 Å². The topological polar surface area (TPSA) is 55.1 Å². The zero-order chi connectivity index (χ0) is 15.4. The van der Waals surface area contributed by atoms with E-state index in [4.69, 9.17) is 28.9 Å². The number of nitrogens with two attached hydrogens (primary N) is 1. The highest BCUT2D eigenvalue weighted by Gasteiger charge is 2.11. The molecule has 0 aliphatic heterocycles.